The van der Waals surface area contributed by atoms with E-state index in [1.54, 1.807) is 7.11 Å². The van der Waals surface area contributed by atoms with Crippen molar-refractivity contribution in [2.45, 2.75) is 25.9 Å². The third kappa shape index (κ3) is 7.50. The maximum atomic E-state index is 10.1. The molecule has 4 heteroatoms. The molecule has 1 unspecified atom stereocenters. The molecule has 0 bridgehead atoms. The second-order valence-corrected chi connectivity index (χ2v) is 2.63. The highest BCUT2D eigenvalue weighted by molar-refractivity contribution is 5.66. The average Bonchev–Trinajstić information content (AvgIpc) is 1.98. The van der Waals surface area contributed by atoms with Gasteiger partial charge in [-0.25, -0.2) is 0 Å². The van der Waals surface area contributed by atoms with E-state index < -0.39 is 5.97 Å². The second kappa shape index (κ2) is 7.06. The molecule has 0 aliphatic heterocycles. The van der Waals surface area contributed by atoms with Crippen LogP contribution in [0.25, 0.3) is 0 Å². The molecule has 0 aliphatic rings. The molecule has 1 N–H and O–H groups in total. The van der Waals surface area contributed by atoms with Crippen molar-refractivity contribution >= 4 is 5.97 Å². The van der Waals surface area contributed by atoms with E-state index in [4.69, 9.17) is 14.6 Å². The second-order valence-electron chi connectivity index (χ2n) is 2.63. The molecule has 12 heavy (non-hydrogen) atoms. The van der Waals surface area contributed by atoms with Crippen molar-refractivity contribution in [1.29, 1.82) is 0 Å². The number of carbonyl (C=O) groups is 1. The summed E-state index contributed by atoms with van der Waals surface area (Å²) < 4.78 is 10.1. The van der Waals surface area contributed by atoms with Crippen LogP contribution in [0.1, 0.15) is 19.8 Å². The number of carboxylic acids is 1. The first kappa shape index (κ1) is 11.4. The minimum Gasteiger partial charge on any atom is -0.481 e. The SMILES string of the molecule is COCC(C)OCCCC(=O)O. The van der Waals surface area contributed by atoms with Crippen LogP contribution in [0, 0.1) is 0 Å². The summed E-state index contributed by atoms with van der Waals surface area (Å²) in [5.74, 6) is -0.780. The quantitative estimate of drug-likeness (QED) is 0.585. The summed E-state index contributed by atoms with van der Waals surface area (Å²) in [5, 5.41) is 8.30. The van der Waals surface area contributed by atoms with Gasteiger partial charge in [0.25, 0.3) is 0 Å². The minimum atomic E-state index is -0.780. The van der Waals surface area contributed by atoms with Crippen LogP contribution in [0.4, 0.5) is 0 Å². The highest BCUT2D eigenvalue weighted by Gasteiger charge is 2.01. The van der Waals surface area contributed by atoms with Crippen molar-refractivity contribution in [3.05, 3.63) is 0 Å². The molecule has 0 spiro atoms. The molecule has 72 valence electrons. The van der Waals surface area contributed by atoms with E-state index in [1.165, 1.54) is 0 Å². The van der Waals surface area contributed by atoms with Crippen molar-refractivity contribution < 1.29 is 19.4 Å². The zero-order valence-electron chi connectivity index (χ0n) is 7.58. The van der Waals surface area contributed by atoms with Crippen molar-refractivity contribution in [3.8, 4) is 0 Å². The molecule has 0 rings (SSSR count). The van der Waals surface area contributed by atoms with Gasteiger partial charge in [0.05, 0.1) is 12.7 Å². The number of aliphatic carboxylic acids is 1. The van der Waals surface area contributed by atoms with E-state index in [0.717, 1.165) is 0 Å². The van der Waals surface area contributed by atoms with Crippen LogP contribution in [0.3, 0.4) is 0 Å². The van der Waals surface area contributed by atoms with Crippen molar-refractivity contribution in [2.24, 2.45) is 0 Å². The maximum Gasteiger partial charge on any atom is 0.303 e. The molecule has 0 aromatic rings. The molecule has 0 aliphatic carbocycles. The first-order valence-electron chi connectivity index (χ1n) is 3.99. The van der Waals surface area contributed by atoms with E-state index in [2.05, 4.69) is 0 Å². The molecule has 0 amide bonds. The Morgan fingerprint density at radius 1 is 1.58 bits per heavy atom. The van der Waals surface area contributed by atoms with Crippen molar-refractivity contribution in [1.82, 2.24) is 0 Å². The number of carboxylic acid groups (broad SMARTS) is 1. The van der Waals surface area contributed by atoms with Crippen LogP contribution in [-0.4, -0.2) is 37.5 Å². The maximum absolute atomic E-state index is 10.1. The fraction of sp³-hybridized carbons (Fsp3) is 0.875. The summed E-state index contributed by atoms with van der Waals surface area (Å²) in [6.07, 6.45) is 0.770. The summed E-state index contributed by atoms with van der Waals surface area (Å²) >= 11 is 0. The molecule has 0 heterocycles. The van der Waals surface area contributed by atoms with Gasteiger partial charge in [0, 0.05) is 20.1 Å². The summed E-state index contributed by atoms with van der Waals surface area (Å²) in [7, 11) is 1.61. The van der Waals surface area contributed by atoms with Gasteiger partial charge in [0.1, 0.15) is 0 Å². The predicted octanol–water partition coefficient (Wildman–Crippen LogP) is 0.903. The Balaban J connectivity index is 3.13. The number of ether oxygens (including phenoxy) is 2. The van der Waals surface area contributed by atoms with Crippen molar-refractivity contribution in [2.75, 3.05) is 20.3 Å². The van der Waals surface area contributed by atoms with Gasteiger partial charge in [-0.1, -0.05) is 0 Å². The van der Waals surface area contributed by atoms with Crippen LogP contribution >= 0.6 is 0 Å². The molecule has 4 nitrogen and oxygen atoms in total. The minimum absolute atomic E-state index is 0.0452. The fourth-order valence-electron chi connectivity index (χ4n) is 0.791. The average molecular weight is 176 g/mol. The standard InChI is InChI=1S/C8H16O4/c1-7(6-11-2)12-5-3-4-8(9)10/h7H,3-6H2,1-2H3,(H,9,10). The molecular weight excluding hydrogens is 160 g/mol. The Labute approximate surface area is 72.5 Å². The zero-order chi connectivity index (χ0) is 9.40. The Morgan fingerprint density at radius 2 is 2.25 bits per heavy atom. The fourth-order valence-corrected chi connectivity index (χ4v) is 0.791. The van der Waals surface area contributed by atoms with Gasteiger partial charge in [-0.15, -0.1) is 0 Å². The lowest BCUT2D eigenvalue weighted by molar-refractivity contribution is -0.137. The van der Waals surface area contributed by atoms with Gasteiger partial charge in [0.15, 0.2) is 0 Å². The molecule has 0 saturated heterocycles. The van der Waals surface area contributed by atoms with Gasteiger partial charge < -0.3 is 14.6 Å². The number of hydrogen-bond donors (Lipinski definition) is 1. The largest absolute Gasteiger partial charge is 0.481 e. The number of methoxy groups -OCH3 is 1. The summed E-state index contributed by atoms with van der Waals surface area (Å²) in [4.78, 5) is 10.1. The molecular formula is C8H16O4. The first-order chi connectivity index (χ1) is 5.66. The normalized spacial score (nSPS) is 12.8. The molecule has 1 atom stereocenters. The topological polar surface area (TPSA) is 55.8 Å². The summed E-state index contributed by atoms with van der Waals surface area (Å²) in [6.45, 7) is 2.92. The van der Waals surface area contributed by atoms with Gasteiger partial charge in [0.2, 0.25) is 0 Å². The van der Waals surface area contributed by atoms with Gasteiger partial charge in [-0.2, -0.15) is 0 Å². The van der Waals surface area contributed by atoms with E-state index in [1.807, 2.05) is 6.92 Å². The van der Waals surface area contributed by atoms with Gasteiger partial charge in [-0.05, 0) is 13.3 Å². The highest BCUT2D eigenvalue weighted by atomic mass is 16.5. The molecule has 0 saturated carbocycles. The van der Waals surface area contributed by atoms with Gasteiger partial charge >= 0.3 is 5.97 Å². The lowest BCUT2D eigenvalue weighted by Gasteiger charge is -2.10. The van der Waals surface area contributed by atoms with E-state index in [9.17, 15) is 4.79 Å². The van der Waals surface area contributed by atoms with Crippen LogP contribution in [0.2, 0.25) is 0 Å². The predicted molar refractivity (Wildman–Crippen MR) is 44.2 cm³/mol. The summed E-state index contributed by atoms with van der Waals surface area (Å²) in [6, 6.07) is 0. The van der Waals surface area contributed by atoms with E-state index in [-0.39, 0.29) is 12.5 Å². The van der Waals surface area contributed by atoms with Crippen LogP contribution in [0.15, 0.2) is 0 Å². The molecule has 0 radical (unpaired) electrons. The molecule has 0 fully saturated rings. The monoisotopic (exact) mass is 176 g/mol. The molecule has 0 aromatic carbocycles. The number of hydrogen-bond acceptors (Lipinski definition) is 3. The lowest BCUT2D eigenvalue weighted by Crippen LogP contribution is -2.15. The Kier molecular flexibility index (Phi) is 6.70. The van der Waals surface area contributed by atoms with E-state index >= 15 is 0 Å². The Bertz CT molecular complexity index is 124. The van der Waals surface area contributed by atoms with E-state index in [0.29, 0.717) is 19.6 Å². The number of rotatable bonds is 7. The highest BCUT2D eigenvalue weighted by Crippen LogP contribution is 1.95. The first-order valence-corrected chi connectivity index (χ1v) is 3.99. The Morgan fingerprint density at radius 3 is 2.75 bits per heavy atom. The van der Waals surface area contributed by atoms with Crippen LogP contribution in [0.5, 0.6) is 0 Å². The Hall–Kier alpha value is -0.610. The zero-order valence-corrected chi connectivity index (χ0v) is 7.58. The third-order valence-corrected chi connectivity index (χ3v) is 1.34. The van der Waals surface area contributed by atoms with Crippen molar-refractivity contribution in [3.63, 3.8) is 0 Å². The lowest BCUT2D eigenvalue weighted by atomic mass is 10.3. The smallest absolute Gasteiger partial charge is 0.303 e. The molecule has 0 aromatic heterocycles. The van der Waals surface area contributed by atoms with Crippen LogP contribution < -0.4 is 0 Å². The van der Waals surface area contributed by atoms with Gasteiger partial charge in [-0.3, -0.25) is 4.79 Å². The van der Waals surface area contributed by atoms with Crippen LogP contribution in [-0.2, 0) is 14.3 Å². The third-order valence-electron chi connectivity index (χ3n) is 1.34. The summed E-state index contributed by atoms with van der Waals surface area (Å²) in [5.41, 5.74) is 0.